The first-order chi connectivity index (χ1) is 10.2. The van der Waals surface area contributed by atoms with E-state index in [-0.39, 0.29) is 11.4 Å². The van der Waals surface area contributed by atoms with Gasteiger partial charge in [0.1, 0.15) is 11.5 Å². The largest absolute Gasteiger partial charge is 0.346 e. The van der Waals surface area contributed by atoms with Gasteiger partial charge in [-0.1, -0.05) is 12.1 Å². The zero-order valence-electron chi connectivity index (χ0n) is 13.7. The van der Waals surface area contributed by atoms with Crippen molar-refractivity contribution in [2.24, 2.45) is 0 Å². The average molecular weight is 298 g/mol. The predicted molar refractivity (Wildman–Crippen MR) is 88.4 cm³/mol. The van der Waals surface area contributed by atoms with Gasteiger partial charge in [-0.3, -0.25) is 4.79 Å². The molecule has 0 fully saturated rings. The number of benzene rings is 1. The van der Waals surface area contributed by atoms with Crippen LogP contribution >= 0.6 is 0 Å². The monoisotopic (exact) mass is 298 g/mol. The highest BCUT2D eigenvalue weighted by molar-refractivity contribution is 5.92. The van der Waals surface area contributed by atoms with Crippen LogP contribution in [0.3, 0.4) is 0 Å². The minimum Gasteiger partial charge on any atom is -0.346 e. The van der Waals surface area contributed by atoms with Gasteiger partial charge in [0.15, 0.2) is 0 Å². The summed E-state index contributed by atoms with van der Waals surface area (Å²) in [5, 5.41) is 6.08. The third kappa shape index (κ3) is 4.28. The second-order valence-corrected chi connectivity index (χ2v) is 6.43. The lowest BCUT2D eigenvalue weighted by molar-refractivity contribution is 0.0914. The molecule has 1 aromatic heterocycles. The fourth-order valence-corrected chi connectivity index (χ4v) is 1.92. The molecule has 0 bridgehead atoms. The van der Waals surface area contributed by atoms with E-state index in [0.29, 0.717) is 11.5 Å². The first-order valence-corrected chi connectivity index (χ1v) is 7.23. The topological polar surface area (TPSA) is 66.9 Å². The first kappa shape index (κ1) is 15.9. The quantitative estimate of drug-likeness (QED) is 0.911. The maximum Gasteiger partial charge on any atom is 0.271 e. The first-order valence-electron chi connectivity index (χ1n) is 7.23. The fraction of sp³-hybridized carbons (Fsp3) is 0.353. The van der Waals surface area contributed by atoms with Crippen LogP contribution in [0, 0.1) is 13.8 Å². The number of nitrogens with zero attached hydrogens (tertiary/aromatic N) is 2. The maximum atomic E-state index is 12.0. The Hall–Kier alpha value is -2.43. The predicted octanol–water partition coefficient (Wildman–Crippen LogP) is 3.37. The highest BCUT2D eigenvalue weighted by Crippen LogP contribution is 2.20. The van der Waals surface area contributed by atoms with Crippen molar-refractivity contribution < 1.29 is 4.79 Å². The third-order valence-corrected chi connectivity index (χ3v) is 3.03. The van der Waals surface area contributed by atoms with E-state index in [9.17, 15) is 4.79 Å². The number of rotatable bonds is 3. The van der Waals surface area contributed by atoms with Crippen molar-refractivity contribution in [3.63, 3.8) is 0 Å². The number of aromatic nitrogens is 2. The van der Waals surface area contributed by atoms with Gasteiger partial charge in [0.05, 0.1) is 12.4 Å². The summed E-state index contributed by atoms with van der Waals surface area (Å²) in [4.78, 5) is 20.4. The molecule has 0 saturated carbocycles. The van der Waals surface area contributed by atoms with E-state index in [0.717, 1.165) is 11.3 Å². The van der Waals surface area contributed by atoms with Crippen LogP contribution in [0.1, 0.15) is 42.4 Å². The lowest BCUT2D eigenvalue weighted by Crippen LogP contribution is -2.40. The Labute approximate surface area is 131 Å². The number of carbonyl (C=O) groups excluding carboxylic acids is 1. The molecule has 1 aromatic carbocycles. The Bertz CT molecular complexity index is 672. The van der Waals surface area contributed by atoms with Crippen LogP contribution in [0.4, 0.5) is 11.5 Å². The minimum atomic E-state index is -0.297. The number of carbonyl (C=O) groups is 1. The van der Waals surface area contributed by atoms with Gasteiger partial charge in [-0.2, -0.15) is 0 Å². The third-order valence-electron chi connectivity index (χ3n) is 3.03. The van der Waals surface area contributed by atoms with Gasteiger partial charge in [-0.05, 0) is 51.8 Å². The van der Waals surface area contributed by atoms with Gasteiger partial charge in [-0.25, -0.2) is 9.97 Å². The number of nitrogens with one attached hydrogen (secondary N) is 2. The molecule has 0 aliphatic carbocycles. The summed E-state index contributed by atoms with van der Waals surface area (Å²) in [7, 11) is 0. The van der Waals surface area contributed by atoms with E-state index >= 15 is 0 Å². The smallest absolute Gasteiger partial charge is 0.271 e. The minimum absolute atomic E-state index is 0.224. The normalized spacial score (nSPS) is 11.1. The summed E-state index contributed by atoms with van der Waals surface area (Å²) < 4.78 is 0. The summed E-state index contributed by atoms with van der Waals surface area (Å²) in [6, 6.07) is 6.17. The molecule has 5 heteroatoms. The Morgan fingerprint density at radius 3 is 2.41 bits per heavy atom. The Morgan fingerprint density at radius 2 is 1.82 bits per heavy atom. The van der Waals surface area contributed by atoms with Gasteiger partial charge in [0.25, 0.3) is 5.91 Å². The molecule has 0 atom stereocenters. The second-order valence-electron chi connectivity index (χ2n) is 6.43. The van der Waals surface area contributed by atoms with Crippen LogP contribution in [0.2, 0.25) is 0 Å². The molecule has 116 valence electrons. The average Bonchev–Trinajstić information content (AvgIpc) is 2.42. The van der Waals surface area contributed by atoms with Crippen LogP contribution in [0.25, 0.3) is 0 Å². The van der Waals surface area contributed by atoms with E-state index in [4.69, 9.17) is 0 Å². The van der Waals surface area contributed by atoms with Crippen molar-refractivity contribution in [1.29, 1.82) is 0 Å². The van der Waals surface area contributed by atoms with Crippen molar-refractivity contribution >= 4 is 17.4 Å². The summed E-state index contributed by atoms with van der Waals surface area (Å²) >= 11 is 0. The molecule has 1 amide bonds. The van der Waals surface area contributed by atoms with Crippen LogP contribution in [0.5, 0.6) is 0 Å². The highest BCUT2D eigenvalue weighted by atomic mass is 16.2. The lowest BCUT2D eigenvalue weighted by atomic mass is 10.1. The van der Waals surface area contributed by atoms with E-state index in [1.165, 1.54) is 11.8 Å². The maximum absolute atomic E-state index is 12.0. The number of hydrogen-bond acceptors (Lipinski definition) is 4. The molecule has 1 heterocycles. The second kappa shape index (κ2) is 6.13. The molecule has 0 unspecified atom stereocenters. The van der Waals surface area contributed by atoms with Crippen LogP contribution in [-0.2, 0) is 0 Å². The van der Waals surface area contributed by atoms with E-state index in [2.05, 4.69) is 38.8 Å². The van der Waals surface area contributed by atoms with Crippen molar-refractivity contribution in [3.8, 4) is 0 Å². The van der Waals surface area contributed by atoms with Crippen molar-refractivity contribution in [2.75, 3.05) is 5.32 Å². The molecule has 22 heavy (non-hydrogen) atoms. The zero-order valence-corrected chi connectivity index (χ0v) is 13.7. The molecule has 0 spiro atoms. The van der Waals surface area contributed by atoms with E-state index in [1.54, 1.807) is 6.20 Å². The Balaban J connectivity index is 2.12. The van der Waals surface area contributed by atoms with Gasteiger partial charge in [-0.15, -0.1) is 0 Å². The van der Waals surface area contributed by atoms with Gasteiger partial charge in [0, 0.05) is 11.2 Å². The van der Waals surface area contributed by atoms with Crippen LogP contribution in [0.15, 0.2) is 30.6 Å². The van der Waals surface area contributed by atoms with Gasteiger partial charge in [0.2, 0.25) is 0 Å². The molecular weight excluding hydrogens is 276 g/mol. The standard InChI is InChI=1S/C17H22N4O/c1-11-6-7-12(2)13(8-11)20-15-10-18-14(9-19-15)16(22)21-17(3,4)5/h6-10H,1-5H3,(H,19,20)(H,21,22). The van der Waals surface area contributed by atoms with Gasteiger partial charge < -0.3 is 10.6 Å². The van der Waals surface area contributed by atoms with Gasteiger partial charge >= 0.3 is 0 Å². The molecule has 2 N–H and O–H groups in total. The van der Waals surface area contributed by atoms with E-state index < -0.39 is 0 Å². The number of amides is 1. The number of aryl methyl sites for hydroxylation is 2. The molecule has 0 aliphatic heterocycles. The Morgan fingerprint density at radius 1 is 1.09 bits per heavy atom. The highest BCUT2D eigenvalue weighted by Gasteiger charge is 2.16. The summed E-state index contributed by atoms with van der Waals surface area (Å²) in [6.45, 7) is 9.84. The van der Waals surface area contributed by atoms with Crippen molar-refractivity contribution in [3.05, 3.63) is 47.4 Å². The summed E-state index contributed by atoms with van der Waals surface area (Å²) in [5.41, 5.74) is 3.29. The molecule has 0 saturated heterocycles. The molecule has 0 aliphatic rings. The van der Waals surface area contributed by atoms with Crippen LogP contribution < -0.4 is 10.6 Å². The Kier molecular flexibility index (Phi) is 4.45. The molecule has 5 nitrogen and oxygen atoms in total. The molecular formula is C17H22N4O. The van der Waals surface area contributed by atoms with Crippen molar-refractivity contribution in [1.82, 2.24) is 15.3 Å². The SMILES string of the molecule is Cc1ccc(C)c(Nc2cnc(C(=O)NC(C)(C)C)cn2)c1. The molecule has 2 aromatic rings. The van der Waals surface area contributed by atoms with Crippen LogP contribution in [-0.4, -0.2) is 21.4 Å². The van der Waals surface area contributed by atoms with E-state index in [1.807, 2.05) is 34.6 Å². The molecule has 0 radical (unpaired) electrons. The fourth-order valence-electron chi connectivity index (χ4n) is 1.92. The molecule has 2 rings (SSSR count). The van der Waals surface area contributed by atoms with Crippen molar-refractivity contribution in [2.45, 2.75) is 40.2 Å². The lowest BCUT2D eigenvalue weighted by Gasteiger charge is -2.20. The summed E-state index contributed by atoms with van der Waals surface area (Å²) in [6.07, 6.45) is 3.05. The number of anilines is 2. The zero-order chi connectivity index (χ0) is 16.3. The number of hydrogen-bond donors (Lipinski definition) is 2. The summed E-state index contributed by atoms with van der Waals surface area (Å²) in [5.74, 6) is 0.388.